The number of amides is 1. The maximum atomic E-state index is 11.5. The standard InChI is InChI=1S/C12H25N3O/c1-9(2)14-12(16)4-5-15-8-11(7-13)6-10(15)3/h9-11H,4-8,13H2,1-3H3,(H,14,16). The number of nitrogens with two attached hydrogens (primary N) is 1. The Morgan fingerprint density at radius 1 is 1.56 bits per heavy atom. The molecule has 0 bridgehead atoms. The highest BCUT2D eigenvalue weighted by Crippen LogP contribution is 2.21. The molecule has 0 aliphatic carbocycles. The van der Waals surface area contributed by atoms with Crippen molar-refractivity contribution in [1.29, 1.82) is 0 Å². The van der Waals surface area contributed by atoms with Gasteiger partial charge >= 0.3 is 0 Å². The number of likely N-dealkylation sites (tertiary alicyclic amines) is 1. The SMILES string of the molecule is CC(C)NC(=O)CCN1CC(CN)CC1C. The van der Waals surface area contributed by atoms with Crippen LogP contribution in [0.4, 0.5) is 0 Å². The van der Waals surface area contributed by atoms with Crippen LogP contribution < -0.4 is 11.1 Å². The smallest absolute Gasteiger partial charge is 0.221 e. The van der Waals surface area contributed by atoms with E-state index in [-0.39, 0.29) is 11.9 Å². The summed E-state index contributed by atoms with van der Waals surface area (Å²) < 4.78 is 0. The summed E-state index contributed by atoms with van der Waals surface area (Å²) in [5.74, 6) is 0.765. The predicted molar refractivity (Wildman–Crippen MR) is 66.1 cm³/mol. The van der Waals surface area contributed by atoms with Crippen molar-refractivity contribution in [2.45, 2.75) is 45.7 Å². The molecule has 1 saturated heterocycles. The number of carbonyl (C=O) groups is 1. The van der Waals surface area contributed by atoms with Crippen molar-refractivity contribution in [3.63, 3.8) is 0 Å². The lowest BCUT2D eigenvalue weighted by Crippen LogP contribution is -2.35. The number of hydrogen-bond donors (Lipinski definition) is 2. The normalized spacial score (nSPS) is 26.3. The summed E-state index contributed by atoms with van der Waals surface area (Å²) in [6, 6.07) is 0.806. The molecule has 0 saturated carbocycles. The average Bonchev–Trinajstić information content (AvgIpc) is 2.55. The van der Waals surface area contributed by atoms with Crippen LogP contribution in [0, 0.1) is 5.92 Å². The molecule has 2 unspecified atom stereocenters. The monoisotopic (exact) mass is 227 g/mol. The van der Waals surface area contributed by atoms with Crippen molar-refractivity contribution in [3.8, 4) is 0 Å². The van der Waals surface area contributed by atoms with Gasteiger partial charge in [-0.15, -0.1) is 0 Å². The van der Waals surface area contributed by atoms with Gasteiger partial charge in [-0.2, -0.15) is 0 Å². The van der Waals surface area contributed by atoms with Crippen molar-refractivity contribution < 1.29 is 4.79 Å². The molecule has 1 rings (SSSR count). The Labute approximate surface area is 98.6 Å². The molecule has 1 amide bonds. The Hall–Kier alpha value is -0.610. The fourth-order valence-electron chi connectivity index (χ4n) is 2.34. The molecule has 0 aromatic rings. The van der Waals surface area contributed by atoms with E-state index in [4.69, 9.17) is 5.73 Å². The molecule has 16 heavy (non-hydrogen) atoms. The van der Waals surface area contributed by atoms with Crippen molar-refractivity contribution >= 4 is 5.91 Å². The van der Waals surface area contributed by atoms with E-state index in [0.717, 1.165) is 19.6 Å². The molecule has 2 atom stereocenters. The fraction of sp³-hybridized carbons (Fsp3) is 0.917. The van der Waals surface area contributed by atoms with Gasteiger partial charge in [0, 0.05) is 31.6 Å². The lowest BCUT2D eigenvalue weighted by molar-refractivity contribution is -0.121. The molecule has 0 aromatic heterocycles. The van der Waals surface area contributed by atoms with E-state index in [1.807, 2.05) is 13.8 Å². The van der Waals surface area contributed by atoms with E-state index < -0.39 is 0 Å². The summed E-state index contributed by atoms with van der Waals surface area (Å²) in [4.78, 5) is 13.9. The van der Waals surface area contributed by atoms with Crippen molar-refractivity contribution in [1.82, 2.24) is 10.2 Å². The molecule has 4 nitrogen and oxygen atoms in total. The second-order valence-electron chi connectivity index (χ2n) is 5.15. The number of hydrogen-bond acceptors (Lipinski definition) is 3. The molecule has 0 spiro atoms. The third-order valence-corrected chi connectivity index (χ3v) is 3.20. The molecule has 1 fully saturated rings. The first kappa shape index (κ1) is 13.5. The number of nitrogens with zero attached hydrogens (tertiary/aromatic N) is 1. The quantitative estimate of drug-likeness (QED) is 0.722. The van der Waals surface area contributed by atoms with E-state index in [9.17, 15) is 4.79 Å². The van der Waals surface area contributed by atoms with Crippen LogP contribution in [0.3, 0.4) is 0 Å². The zero-order valence-corrected chi connectivity index (χ0v) is 10.7. The van der Waals surface area contributed by atoms with Gasteiger partial charge in [0.05, 0.1) is 0 Å². The van der Waals surface area contributed by atoms with Gasteiger partial charge < -0.3 is 11.1 Å². The zero-order chi connectivity index (χ0) is 12.1. The van der Waals surface area contributed by atoms with Gasteiger partial charge in [-0.1, -0.05) is 0 Å². The van der Waals surface area contributed by atoms with Crippen molar-refractivity contribution in [3.05, 3.63) is 0 Å². The van der Waals surface area contributed by atoms with Gasteiger partial charge in [0.15, 0.2) is 0 Å². The minimum absolute atomic E-state index is 0.151. The molecule has 4 heteroatoms. The first-order valence-corrected chi connectivity index (χ1v) is 6.26. The summed E-state index contributed by atoms with van der Waals surface area (Å²) in [6.45, 7) is 8.86. The van der Waals surface area contributed by atoms with Crippen LogP contribution >= 0.6 is 0 Å². The lowest BCUT2D eigenvalue weighted by atomic mass is 10.1. The van der Waals surface area contributed by atoms with Crippen molar-refractivity contribution in [2.24, 2.45) is 11.7 Å². The van der Waals surface area contributed by atoms with Gasteiger partial charge in [-0.05, 0) is 39.7 Å². The van der Waals surface area contributed by atoms with Crippen LogP contribution in [0.1, 0.15) is 33.6 Å². The summed E-state index contributed by atoms with van der Waals surface area (Å²) in [5.41, 5.74) is 5.67. The van der Waals surface area contributed by atoms with Crippen molar-refractivity contribution in [2.75, 3.05) is 19.6 Å². The van der Waals surface area contributed by atoms with Crippen LogP contribution in [0.2, 0.25) is 0 Å². The first-order chi connectivity index (χ1) is 7.52. The van der Waals surface area contributed by atoms with Crippen LogP contribution in [0.25, 0.3) is 0 Å². The number of nitrogens with one attached hydrogen (secondary N) is 1. The minimum Gasteiger partial charge on any atom is -0.354 e. The second-order valence-corrected chi connectivity index (χ2v) is 5.15. The van der Waals surface area contributed by atoms with Gasteiger partial charge in [-0.25, -0.2) is 0 Å². The van der Waals surface area contributed by atoms with Crippen LogP contribution in [0.5, 0.6) is 0 Å². The lowest BCUT2D eigenvalue weighted by Gasteiger charge is -2.20. The molecule has 1 aliphatic rings. The van der Waals surface area contributed by atoms with E-state index in [1.165, 1.54) is 6.42 Å². The second kappa shape index (κ2) is 6.21. The summed E-state index contributed by atoms with van der Waals surface area (Å²) in [6.07, 6.45) is 1.77. The maximum Gasteiger partial charge on any atom is 0.221 e. The summed E-state index contributed by atoms with van der Waals surface area (Å²) in [5, 5.41) is 2.92. The zero-order valence-electron chi connectivity index (χ0n) is 10.7. The Morgan fingerprint density at radius 3 is 2.75 bits per heavy atom. The molecule has 1 heterocycles. The Balaban J connectivity index is 2.25. The van der Waals surface area contributed by atoms with Crippen LogP contribution in [-0.2, 0) is 4.79 Å². The van der Waals surface area contributed by atoms with E-state index in [2.05, 4.69) is 17.1 Å². The van der Waals surface area contributed by atoms with Gasteiger partial charge in [-0.3, -0.25) is 9.69 Å². The van der Waals surface area contributed by atoms with Crippen LogP contribution in [0.15, 0.2) is 0 Å². The van der Waals surface area contributed by atoms with Gasteiger partial charge in [0.1, 0.15) is 0 Å². The Bertz CT molecular complexity index is 230. The Morgan fingerprint density at radius 2 is 2.25 bits per heavy atom. The third-order valence-electron chi connectivity index (χ3n) is 3.20. The van der Waals surface area contributed by atoms with E-state index in [0.29, 0.717) is 18.4 Å². The molecule has 0 radical (unpaired) electrons. The molecule has 3 N–H and O–H groups in total. The molecule has 94 valence electrons. The highest BCUT2D eigenvalue weighted by atomic mass is 16.1. The highest BCUT2D eigenvalue weighted by Gasteiger charge is 2.27. The van der Waals surface area contributed by atoms with Gasteiger partial charge in [0.25, 0.3) is 0 Å². The van der Waals surface area contributed by atoms with E-state index >= 15 is 0 Å². The van der Waals surface area contributed by atoms with Gasteiger partial charge in [0.2, 0.25) is 5.91 Å². The third kappa shape index (κ3) is 4.10. The van der Waals surface area contributed by atoms with Crippen LogP contribution in [-0.4, -0.2) is 42.5 Å². The average molecular weight is 227 g/mol. The topological polar surface area (TPSA) is 58.4 Å². The first-order valence-electron chi connectivity index (χ1n) is 6.26. The van der Waals surface area contributed by atoms with E-state index in [1.54, 1.807) is 0 Å². The molecule has 0 aromatic carbocycles. The molecular formula is C12H25N3O. The maximum absolute atomic E-state index is 11.5. The predicted octanol–water partition coefficient (Wildman–Crippen LogP) is 0.570. The summed E-state index contributed by atoms with van der Waals surface area (Å²) in [7, 11) is 0. The fourth-order valence-corrected chi connectivity index (χ4v) is 2.34. The Kier molecular flexibility index (Phi) is 5.22. The number of carbonyl (C=O) groups excluding carboxylic acids is 1. The number of rotatable bonds is 5. The highest BCUT2D eigenvalue weighted by molar-refractivity contribution is 5.76. The summed E-state index contributed by atoms with van der Waals surface area (Å²) >= 11 is 0. The molecule has 1 aliphatic heterocycles. The largest absolute Gasteiger partial charge is 0.354 e. The minimum atomic E-state index is 0.151. The molecular weight excluding hydrogens is 202 g/mol.